The second-order valence-corrected chi connectivity index (χ2v) is 3.66. The normalized spacial score (nSPS) is 39.0. The van der Waals surface area contributed by atoms with Gasteiger partial charge in [0, 0.05) is 19.1 Å². The highest BCUT2D eigenvalue weighted by atomic mass is 31.0. The van der Waals surface area contributed by atoms with Gasteiger partial charge in [0.1, 0.15) is 0 Å². The predicted molar refractivity (Wildman–Crippen MR) is 43.0 cm³/mol. The van der Waals surface area contributed by atoms with Gasteiger partial charge in [0.25, 0.3) is 0 Å². The molecule has 0 aromatic rings. The lowest BCUT2D eigenvalue weighted by molar-refractivity contribution is 0.268. The van der Waals surface area contributed by atoms with Gasteiger partial charge < -0.3 is 5.73 Å². The molecule has 0 aromatic heterocycles. The highest BCUT2D eigenvalue weighted by molar-refractivity contribution is 7.13. The average molecular weight is 146 g/mol. The fourth-order valence-electron chi connectivity index (χ4n) is 1.13. The molecule has 3 heteroatoms. The van der Waals surface area contributed by atoms with Gasteiger partial charge in [-0.3, -0.25) is 4.67 Å². The second-order valence-electron chi connectivity index (χ2n) is 2.92. The molecule has 54 valence electrons. The summed E-state index contributed by atoms with van der Waals surface area (Å²) in [6.45, 7) is 4.44. The highest BCUT2D eigenvalue weighted by Crippen LogP contribution is 2.17. The first-order valence-electron chi connectivity index (χ1n) is 3.45. The van der Waals surface area contributed by atoms with Gasteiger partial charge >= 0.3 is 0 Å². The van der Waals surface area contributed by atoms with Crippen molar-refractivity contribution in [3.8, 4) is 0 Å². The van der Waals surface area contributed by atoms with Crippen LogP contribution in [0, 0.1) is 5.92 Å². The van der Waals surface area contributed by atoms with E-state index in [-0.39, 0.29) is 0 Å². The highest BCUT2D eigenvalue weighted by Gasteiger charge is 2.19. The van der Waals surface area contributed by atoms with E-state index < -0.39 is 0 Å². The second kappa shape index (κ2) is 2.96. The number of hydrogen-bond acceptors (Lipinski definition) is 2. The Bertz CT molecular complexity index is 97.1. The molecule has 0 amide bonds. The molecule has 0 saturated carbocycles. The van der Waals surface area contributed by atoms with Gasteiger partial charge in [-0.05, 0) is 12.3 Å². The van der Waals surface area contributed by atoms with E-state index in [1.165, 1.54) is 13.0 Å². The maximum atomic E-state index is 5.81. The number of nitrogens with zero attached hydrogens (tertiary/aromatic N) is 1. The third-order valence-corrected chi connectivity index (χ3v) is 2.52. The van der Waals surface area contributed by atoms with E-state index in [1.54, 1.807) is 0 Å². The van der Waals surface area contributed by atoms with Crippen LogP contribution in [0.5, 0.6) is 0 Å². The van der Waals surface area contributed by atoms with Crippen LogP contribution in [0.25, 0.3) is 0 Å². The summed E-state index contributed by atoms with van der Waals surface area (Å²) in [5.74, 6) is 0.710. The molecule has 1 heterocycles. The SMILES string of the molecule is CC1CCN(P)CC1N. The Balaban J connectivity index is 2.35. The fraction of sp³-hybridized carbons (Fsp3) is 1.00. The molecular weight excluding hydrogens is 131 g/mol. The van der Waals surface area contributed by atoms with Crippen molar-refractivity contribution in [1.82, 2.24) is 4.67 Å². The van der Waals surface area contributed by atoms with Crippen molar-refractivity contribution in [2.75, 3.05) is 13.1 Å². The van der Waals surface area contributed by atoms with Crippen LogP contribution < -0.4 is 5.73 Å². The van der Waals surface area contributed by atoms with E-state index in [4.69, 9.17) is 5.73 Å². The van der Waals surface area contributed by atoms with Crippen LogP contribution in [0.3, 0.4) is 0 Å². The lowest BCUT2D eigenvalue weighted by Crippen LogP contribution is -2.43. The standard InChI is InChI=1S/C6H15N2P/c1-5-2-3-8(9)4-6(5)7/h5-6H,2-4,7,9H2,1H3. The Morgan fingerprint density at radius 2 is 2.33 bits per heavy atom. The van der Waals surface area contributed by atoms with E-state index in [9.17, 15) is 0 Å². The lowest BCUT2D eigenvalue weighted by atomic mass is 9.96. The van der Waals surface area contributed by atoms with Crippen LogP contribution in [0.1, 0.15) is 13.3 Å². The van der Waals surface area contributed by atoms with Crippen molar-refractivity contribution in [3.05, 3.63) is 0 Å². The lowest BCUT2D eigenvalue weighted by Gasteiger charge is -2.31. The van der Waals surface area contributed by atoms with Gasteiger partial charge in [-0.1, -0.05) is 16.3 Å². The number of rotatable bonds is 0. The number of piperidine rings is 1. The van der Waals surface area contributed by atoms with E-state index in [0.717, 1.165) is 6.54 Å². The third kappa shape index (κ3) is 1.89. The van der Waals surface area contributed by atoms with E-state index in [0.29, 0.717) is 12.0 Å². The Labute approximate surface area is 59.0 Å². The van der Waals surface area contributed by atoms with Crippen molar-refractivity contribution >= 4 is 9.39 Å². The minimum atomic E-state index is 0.385. The molecule has 0 spiro atoms. The van der Waals surface area contributed by atoms with Gasteiger partial charge in [0.15, 0.2) is 0 Å². The molecule has 1 saturated heterocycles. The van der Waals surface area contributed by atoms with E-state index in [1.807, 2.05) is 0 Å². The summed E-state index contributed by atoms with van der Waals surface area (Å²) in [5, 5.41) is 0. The Morgan fingerprint density at radius 1 is 1.67 bits per heavy atom. The van der Waals surface area contributed by atoms with Crippen molar-refractivity contribution in [3.63, 3.8) is 0 Å². The average Bonchev–Trinajstić information content (AvgIpc) is 1.80. The molecule has 9 heavy (non-hydrogen) atoms. The van der Waals surface area contributed by atoms with Gasteiger partial charge in [-0.2, -0.15) is 0 Å². The minimum Gasteiger partial charge on any atom is -0.326 e. The van der Waals surface area contributed by atoms with Crippen LogP contribution in [0.2, 0.25) is 0 Å². The largest absolute Gasteiger partial charge is 0.326 e. The molecule has 0 bridgehead atoms. The van der Waals surface area contributed by atoms with Crippen LogP contribution in [0.15, 0.2) is 0 Å². The smallest absolute Gasteiger partial charge is 0.0197 e. The van der Waals surface area contributed by atoms with Gasteiger partial charge in [-0.15, -0.1) is 0 Å². The maximum Gasteiger partial charge on any atom is 0.0197 e. The van der Waals surface area contributed by atoms with E-state index >= 15 is 0 Å². The summed E-state index contributed by atoms with van der Waals surface area (Å²) < 4.78 is 2.21. The zero-order valence-electron chi connectivity index (χ0n) is 5.88. The zero-order valence-corrected chi connectivity index (χ0v) is 7.03. The Kier molecular flexibility index (Phi) is 2.45. The summed E-state index contributed by atoms with van der Waals surface area (Å²) in [6.07, 6.45) is 1.24. The molecule has 2 nitrogen and oxygen atoms in total. The van der Waals surface area contributed by atoms with Crippen molar-refractivity contribution in [2.24, 2.45) is 11.7 Å². The maximum absolute atomic E-state index is 5.81. The van der Waals surface area contributed by atoms with Crippen LogP contribution >= 0.6 is 9.39 Å². The third-order valence-electron chi connectivity index (χ3n) is 2.05. The zero-order chi connectivity index (χ0) is 6.85. The summed E-state index contributed by atoms with van der Waals surface area (Å²) in [5.41, 5.74) is 5.81. The number of nitrogens with two attached hydrogens (primary N) is 1. The minimum absolute atomic E-state index is 0.385. The van der Waals surface area contributed by atoms with E-state index in [2.05, 4.69) is 21.0 Å². The predicted octanol–water partition coefficient (Wildman–Crippen LogP) is 0.446. The first-order chi connectivity index (χ1) is 4.20. The molecule has 2 N–H and O–H groups in total. The summed E-state index contributed by atoms with van der Waals surface area (Å²) in [4.78, 5) is 0. The van der Waals surface area contributed by atoms with Crippen LogP contribution in [-0.2, 0) is 0 Å². The van der Waals surface area contributed by atoms with Crippen molar-refractivity contribution < 1.29 is 0 Å². The summed E-state index contributed by atoms with van der Waals surface area (Å²) >= 11 is 0. The number of hydrogen-bond donors (Lipinski definition) is 1. The monoisotopic (exact) mass is 146 g/mol. The molecular formula is C6H15N2P. The van der Waals surface area contributed by atoms with Gasteiger partial charge in [-0.25, -0.2) is 0 Å². The molecule has 1 aliphatic heterocycles. The fourth-order valence-corrected chi connectivity index (χ4v) is 1.52. The molecule has 1 fully saturated rings. The van der Waals surface area contributed by atoms with Gasteiger partial charge in [0.2, 0.25) is 0 Å². The quantitative estimate of drug-likeness (QED) is 0.503. The molecule has 3 atom stereocenters. The molecule has 0 aromatic carbocycles. The first kappa shape index (κ1) is 7.46. The van der Waals surface area contributed by atoms with Crippen molar-refractivity contribution in [2.45, 2.75) is 19.4 Å². The molecule has 3 unspecified atom stereocenters. The van der Waals surface area contributed by atoms with Crippen molar-refractivity contribution in [1.29, 1.82) is 0 Å². The van der Waals surface area contributed by atoms with Crippen LogP contribution in [-0.4, -0.2) is 23.8 Å². The molecule has 1 aliphatic rings. The first-order valence-corrected chi connectivity index (χ1v) is 3.97. The summed E-state index contributed by atoms with van der Waals surface area (Å²) in [6, 6.07) is 0.385. The molecule has 1 rings (SSSR count). The summed E-state index contributed by atoms with van der Waals surface area (Å²) in [7, 11) is 2.70. The molecule has 0 aliphatic carbocycles. The van der Waals surface area contributed by atoms with Crippen LogP contribution in [0.4, 0.5) is 0 Å². The van der Waals surface area contributed by atoms with Gasteiger partial charge in [0.05, 0.1) is 0 Å². The topological polar surface area (TPSA) is 29.3 Å². The Morgan fingerprint density at radius 3 is 2.78 bits per heavy atom. The molecule has 0 radical (unpaired) electrons. The Hall–Kier alpha value is 0.350.